The van der Waals surface area contributed by atoms with Crippen molar-refractivity contribution in [3.63, 3.8) is 0 Å². The number of nitrogens with zero attached hydrogens (tertiary/aromatic N) is 1. The average Bonchev–Trinajstić information content (AvgIpc) is 2.86. The van der Waals surface area contributed by atoms with Crippen molar-refractivity contribution in [2.45, 2.75) is 58.0 Å². The van der Waals surface area contributed by atoms with Crippen LogP contribution in [-0.4, -0.2) is 37.8 Å². The van der Waals surface area contributed by atoms with Crippen molar-refractivity contribution in [1.29, 1.82) is 0 Å². The predicted molar refractivity (Wildman–Crippen MR) is 135 cm³/mol. The van der Waals surface area contributed by atoms with Gasteiger partial charge >= 0.3 is 5.97 Å². The van der Waals surface area contributed by atoms with E-state index in [1.165, 1.54) is 12.1 Å². The van der Waals surface area contributed by atoms with Crippen molar-refractivity contribution in [2.75, 3.05) is 14.2 Å². The van der Waals surface area contributed by atoms with Crippen LogP contribution in [0.4, 0.5) is 4.39 Å². The summed E-state index contributed by atoms with van der Waals surface area (Å²) in [6.45, 7) is 5.54. The molecule has 0 saturated heterocycles. The van der Waals surface area contributed by atoms with Gasteiger partial charge in [-0.1, -0.05) is 25.1 Å². The Morgan fingerprint density at radius 3 is 2.50 bits per heavy atom. The lowest BCUT2D eigenvalue weighted by Crippen LogP contribution is -2.39. The molecule has 190 valence electrons. The minimum absolute atomic E-state index is 0.0945. The number of esters is 1. The topological polar surface area (TPSA) is 74.2 Å². The van der Waals surface area contributed by atoms with Crippen LogP contribution in [-0.2, 0) is 14.3 Å². The van der Waals surface area contributed by atoms with Gasteiger partial charge in [-0.3, -0.25) is 14.6 Å². The zero-order chi connectivity index (χ0) is 26.0. The SMILES string of the molecule is CC[C@@H](C)OC(=O)C1C(C)=NC2=C(C(=O)C[C@H](c3ccc(OC)c(OC)c3)C2)[C@H]1c1cccc(F)c1. The highest BCUT2D eigenvalue weighted by Crippen LogP contribution is 2.47. The number of carbonyl (C=O) groups excluding carboxylic acids is 2. The van der Waals surface area contributed by atoms with Gasteiger partial charge in [-0.2, -0.15) is 0 Å². The number of ketones is 1. The number of benzene rings is 2. The molecule has 1 aliphatic carbocycles. The van der Waals surface area contributed by atoms with E-state index in [0.717, 1.165) is 5.56 Å². The summed E-state index contributed by atoms with van der Waals surface area (Å²) in [5.74, 6) is -1.30. The van der Waals surface area contributed by atoms with Gasteiger partial charge < -0.3 is 14.2 Å². The lowest BCUT2D eigenvalue weighted by molar-refractivity contribution is -0.151. The van der Waals surface area contributed by atoms with Crippen molar-refractivity contribution in [3.8, 4) is 11.5 Å². The van der Waals surface area contributed by atoms with Crippen LogP contribution in [0.1, 0.15) is 63.0 Å². The van der Waals surface area contributed by atoms with E-state index in [4.69, 9.17) is 19.2 Å². The third-order valence-electron chi connectivity index (χ3n) is 7.12. The number of halogens is 1. The summed E-state index contributed by atoms with van der Waals surface area (Å²) in [5, 5.41) is 0. The second-order valence-electron chi connectivity index (χ2n) is 9.42. The van der Waals surface area contributed by atoms with Gasteiger partial charge in [0.2, 0.25) is 0 Å². The summed E-state index contributed by atoms with van der Waals surface area (Å²) in [5.41, 5.74) is 3.21. The second kappa shape index (κ2) is 10.6. The minimum Gasteiger partial charge on any atom is -0.493 e. The third-order valence-corrected chi connectivity index (χ3v) is 7.12. The highest BCUT2D eigenvalue weighted by molar-refractivity contribution is 6.09. The van der Waals surface area contributed by atoms with Gasteiger partial charge in [-0.25, -0.2) is 4.39 Å². The summed E-state index contributed by atoms with van der Waals surface area (Å²) in [7, 11) is 3.15. The van der Waals surface area contributed by atoms with Crippen LogP contribution in [0.3, 0.4) is 0 Å². The summed E-state index contributed by atoms with van der Waals surface area (Å²) < 4.78 is 30.7. The molecule has 1 unspecified atom stereocenters. The summed E-state index contributed by atoms with van der Waals surface area (Å²) in [6, 6.07) is 11.8. The molecule has 2 aromatic rings. The van der Waals surface area contributed by atoms with E-state index in [2.05, 4.69) is 0 Å². The normalized spacial score (nSPS) is 22.4. The number of ether oxygens (including phenoxy) is 3. The third kappa shape index (κ3) is 4.92. The molecule has 0 bridgehead atoms. The van der Waals surface area contributed by atoms with Gasteiger partial charge in [0, 0.05) is 29.3 Å². The second-order valence-corrected chi connectivity index (χ2v) is 9.42. The van der Waals surface area contributed by atoms with Crippen molar-refractivity contribution >= 4 is 17.5 Å². The zero-order valence-electron chi connectivity index (χ0n) is 21.3. The van der Waals surface area contributed by atoms with Crippen LogP contribution in [0.15, 0.2) is 58.7 Å². The molecular weight excluding hydrogens is 461 g/mol. The average molecular weight is 494 g/mol. The van der Waals surface area contributed by atoms with Crippen molar-refractivity contribution in [2.24, 2.45) is 10.9 Å². The van der Waals surface area contributed by atoms with Crippen LogP contribution in [0, 0.1) is 11.7 Å². The Morgan fingerprint density at radius 1 is 1.08 bits per heavy atom. The molecule has 0 aromatic heterocycles. The number of rotatable bonds is 7. The summed E-state index contributed by atoms with van der Waals surface area (Å²) in [6.07, 6.45) is 1.17. The zero-order valence-corrected chi connectivity index (χ0v) is 21.3. The number of methoxy groups -OCH3 is 2. The highest BCUT2D eigenvalue weighted by Gasteiger charge is 2.45. The first-order chi connectivity index (χ1) is 17.3. The fourth-order valence-electron chi connectivity index (χ4n) is 5.12. The van der Waals surface area contributed by atoms with Crippen LogP contribution >= 0.6 is 0 Å². The Morgan fingerprint density at radius 2 is 1.83 bits per heavy atom. The minimum atomic E-state index is -0.791. The fourth-order valence-corrected chi connectivity index (χ4v) is 5.12. The number of carbonyl (C=O) groups is 2. The smallest absolute Gasteiger partial charge is 0.315 e. The molecule has 0 saturated carbocycles. The highest BCUT2D eigenvalue weighted by atomic mass is 19.1. The molecule has 2 aliphatic rings. The predicted octanol–water partition coefficient (Wildman–Crippen LogP) is 5.76. The monoisotopic (exact) mass is 493 g/mol. The number of hydrogen-bond acceptors (Lipinski definition) is 6. The first kappa shape index (κ1) is 25.6. The molecule has 0 fully saturated rings. The Hall–Kier alpha value is -3.48. The van der Waals surface area contributed by atoms with Gasteiger partial charge in [0.05, 0.1) is 20.3 Å². The van der Waals surface area contributed by atoms with E-state index < -0.39 is 23.6 Å². The van der Waals surface area contributed by atoms with Crippen molar-refractivity contribution in [1.82, 2.24) is 0 Å². The largest absolute Gasteiger partial charge is 0.493 e. The van der Waals surface area contributed by atoms with Crippen molar-refractivity contribution < 1.29 is 28.2 Å². The van der Waals surface area contributed by atoms with Crippen LogP contribution < -0.4 is 9.47 Å². The fraction of sp³-hybridized carbons (Fsp3) is 0.414. The molecule has 1 aliphatic heterocycles. The lowest BCUT2D eigenvalue weighted by atomic mass is 9.69. The van der Waals surface area contributed by atoms with Gasteiger partial charge in [0.25, 0.3) is 0 Å². The molecule has 0 spiro atoms. The summed E-state index contributed by atoms with van der Waals surface area (Å²) >= 11 is 0. The molecule has 1 heterocycles. The number of hydrogen-bond donors (Lipinski definition) is 0. The molecule has 7 heteroatoms. The maximum atomic E-state index is 14.3. The van der Waals surface area contributed by atoms with Crippen LogP contribution in [0.25, 0.3) is 0 Å². The Labute approximate surface area is 211 Å². The molecule has 0 amide bonds. The lowest BCUT2D eigenvalue weighted by Gasteiger charge is -2.37. The Kier molecular flexibility index (Phi) is 7.57. The molecule has 4 rings (SSSR count). The molecule has 36 heavy (non-hydrogen) atoms. The number of Topliss-reactive ketones (excluding diaryl/α,β-unsaturated/α-hetero) is 1. The number of allylic oxidation sites excluding steroid dienone is 2. The van der Waals surface area contributed by atoms with Crippen LogP contribution in [0.2, 0.25) is 0 Å². The first-order valence-corrected chi connectivity index (χ1v) is 12.3. The Bertz CT molecular complexity index is 1230. The molecule has 4 atom stereocenters. The standard InChI is InChI=1S/C29H32FNO5/c1-6-16(2)36-29(33)26-17(3)31-22-13-20(18-10-11-24(34-4)25(15-18)35-5)14-23(32)28(22)27(26)19-8-7-9-21(30)12-19/h7-12,15-16,20,26-27H,6,13-14H2,1-5H3/t16-,20-,26?,27+/m1/s1. The van der Waals surface area contributed by atoms with Gasteiger partial charge in [-0.05, 0) is 68.0 Å². The van der Waals surface area contributed by atoms with Gasteiger partial charge in [0.15, 0.2) is 17.3 Å². The quantitative estimate of drug-likeness (QED) is 0.459. The van der Waals surface area contributed by atoms with E-state index in [1.807, 2.05) is 32.0 Å². The van der Waals surface area contributed by atoms with Crippen LogP contribution in [0.5, 0.6) is 11.5 Å². The first-order valence-electron chi connectivity index (χ1n) is 12.3. The maximum Gasteiger partial charge on any atom is 0.315 e. The van der Waals surface area contributed by atoms with E-state index in [-0.39, 0.29) is 24.2 Å². The molecule has 2 aromatic carbocycles. The van der Waals surface area contributed by atoms with Crippen molar-refractivity contribution in [3.05, 3.63) is 70.7 Å². The number of aliphatic imine (C=N–C) groups is 1. The molecular formula is C29H32FNO5. The Balaban J connectivity index is 1.77. The van der Waals surface area contributed by atoms with E-state index in [1.54, 1.807) is 33.3 Å². The van der Waals surface area contributed by atoms with E-state index >= 15 is 0 Å². The molecule has 0 N–H and O–H groups in total. The van der Waals surface area contributed by atoms with Gasteiger partial charge in [-0.15, -0.1) is 0 Å². The molecule has 0 radical (unpaired) electrons. The molecule has 6 nitrogen and oxygen atoms in total. The van der Waals surface area contributed by atoms with Gasteiger partial charge in [0.1, 0.15) is 11.7 Å². The van der Waals surface area contributed by atoms with E-state index in [9.17, 15) is 14.0 Å². The van der Waals surface area contributed by atoms with E-state index in [0.29, 0.717) is 46.9 Å². The maximum absolute atomic E-state index is 14.3. The summed E-state index contributed by atoms with van der Waals surface area (Å²) in [4.78, 5) is 31.7.